The quantitative estimate of drug-likeness (QED) is 0.412. The van der Waals surface area contributed by atoms with Gasteiger partial charge in [-0.3, -0.25) is 4.79 Å². The predicted octanol–water partition coefficient (Wildman–Crippen LogP) is 4.72. The zero-order valence-corrected chi connectivity index (χ0v) is 19.6. The van der Waals surface area contributed by atoms with E-state index in [0.717, 1.165) is 47.8 Å². The first-order valence-electron chi connectivity index (χ1n) is 11.9. The Kier molecular flexibility index (Phi) is 5.28. The number of fused-ring (bicyclic) bond motifs is 4. The summed E-state index contributed by atoms with van der Waals surface area (Å²) in [5.74, 6) is 2.00. The lowest BCUT2D eigenvalue weighted by atomic mass is 9.99. The molecule has 2 saturated heterocycles. The fraction of sp³-hybridized carbons (Fsp3) is 0.296. The summed E-state index contributed by atoms with van der Waals surface area (Å²) in [5.41, 5.74) is 2.81. The molecule has 2 aliphatic heterocycles. The number of carbonyl (C=O) groups excluding carboxylic acids is 1. The molecule has 2 bridgehead atoms. The molecule has 2 atom stereocenters. The zero-order chi connectivity index (χ0) is 23.9. The highest BCUT2D eigenvalue weighted by Crippen LogP contribution is 2.40. The summed E-state index contributed by atoms with van der Waals surface area (Å²) in [4.78, 5) is 23.3. The maximum Gasteiger partial charge on any atom is 0.246 e. The standard InChI is InChI=1S/C27H27N5O3/c1-3-26(33)32-19-8-9-20(32)12-21(11-19)35-25-13-22-23(14-24(25)34-2)28-16-29-27(22)30-17-6-7-18-5-4-10-31(18)15-17/h3-7,10,13-16,19-21H,1,8-9,11-12H2,2H3,(H,28,29,30). The van der Waals surface area contributed by atoms with Gasteiger partial charge in [-0.15, -0.1) is 0 Å². The predicted molar refractivity (Wildman–Crippen MR) is 134 cm³/mol. The van der Waals surface area contributed by atoms with E-state index in [1.165, 1.54) is 6.08 Å². The van der Waals surface area contributed by atoms with Gasteiger partial charge in [0.15, 0.2) is 11.5 Å². The van der Waals surface area contributed by atoms with Crippen LogP contribution in [-0.4, -0.2) is 50.5 Å². The molecular weight excluding hydrogens is 442 g/mol. The maximum absolute atomic E-state index is 12.3. The van der Waals surface area contributed by atoms with Crippen LogP contribution >= 0.6 is 0 Å². The second-order valence-corrected chi connectivity index (χ2v) is 9.17. The summed E-state index contributed by atoms with van der Waals surface area (Å²) < 4.78 is 14.2. The van der Waals surface area contributed by atoms with E-state index in [2.05, 4.69) is 38.4 Å². The van der Waals surface area contributed by atoms with Crippen molar-refractivity contribution < 1.29 is 14.3 Å². The van der Waals surface area contributed by atoms with Gasteiger partial charge >= 0.3 is 0 Å². The molecule has 5 heterocycles. The molecule has 1 amide bonds. The van der Waals surface area contributed by atoms with Gasteiger partial charge in [0.05, 0.1) is 18.3 Å². The lowest BCUT2D eigenvalue weighted by Gasteiger charge is -2.38. The van der Waals surface area contributed by atoms with Crippen LogP contribution in [0.4, 0.5) is 11.5 Å². The number of methoxy groups -OCH3 is 1. The van der Waals surface area contributed by atoms with Gasteiger partial charge in [0.25, 0.3) is 0 Å². The number of rotatable bonds is 6. The van der Waals surface area contributed by atoms with Crippen LogP contribution in [0.2, 0.25) is 0 Å². The number of piperidine rings is 1. The van der Waals surface area contributed by atoms with Gasteiger partial charge in [-0.2, -0.15) is 0 Å². The highest BCUT2D eigenvalue weighted by atomic mass is 16.5. The highest BCUT2D eigenvalue weighted by Gasteiger charge is 2.43. The van der Waals surface area contributed by atoms with Crippen LogP contribution in [0, 0.1) is 0 Å². The van der Waals surface area contributed by atoms with E-state index in [1.807, 2.05) is 41.6 Å². The van der Waals surface area contributed by atoms with E-state index >= 15 is 0 Å². The van der Waals surface area contributed by atoms with Gasteiger partial charge in [-0.1, -0.05) is 6.58 Å². The van der Waals surface area contributed by atoms with Gasteiger partial charge in [0, 0.05) is 54.3 Å². The van der Waals surface area contributed by atoms with Crippen molar-refractivity contribution in [3.8, 4) is 11.5 Å². The molecule has 4 aromatic rings. The third-order valence-corrected chi connectivity index (χ3v) is 7.12. The minimum absolute atomic E-state index is 0.00454. The molecule has 6 rings (SSSR count). The lowest BCUT2D eigenvalue weighted by Crippen LogP contribution is -2.48. The van der Waals surface area contributed by atoms with Crippen LogP contribution in [0.1, 0.15) is 25.7 Å². The first kappa shape index (κ1) is 21.5. The number of pyridine rings is 1. The van der Waals surface area contributed by atoms with Crippen molar-refractivity contribution in [3.63, 3.8) is 0 Å². The smallest absolute Gasteiger partial charge is 0.246 e. The Labute approximate surface area is 203 Å². The molecule has 0 radical (unpaired) electrons. The normalized spacial score (nSPS) is 21.3. The van der Waals surface area contributed by atoms with Crippen LogP contribution < -0.4 is 14.8 Å². The van der Waals surface area contributed by atoms with Crippen LogP contribution in [0.25, 0.3) is 16.4 Å². The van der Waals surface area contributed by atoms with E-state index in [1.54, 1.807) is 13.4 Å². The molecule has 0 saturated carbocycles. The summed E-state index contributed by atoms with van der Waals surface area (Å²) >= 11 is 0. The van der Waals surface area contributed by atoms with E-state index < -0.39 is 0 Å². The molecule has 2 fully saturated rings. The molecule has 1 aromatic carbocycles. The molecule has 178 valence electrons. The number of aromatic nitrogens is 3. The third kappa shape index (κ3) is 3.84. The average molecular weight is 470 g/mol. The number of anilines is 2. The van der Waals surface area contributed by atoms with Crippen molar-refractivity contribution in [2.75, 3.05) is 12.4 Å². The average Bonchev–Trinajstić information content (AvgIpc) is 3.45. The number of hydrogen-bond acceptors (Lipinski definition) is 6. The largest absolute Gasteiger partial charge is 0.493 e. The van der Waals surface area contributed by atoms with Crippen molar-refractivity contribution in [2.24, 2.45) is 0 Å². The van der Waals surface area contributed by atoms with Gasteiger partial charge in [-0.25, -0.2) is 9.97 Å². The molecular formula is C27H27N5O3. The Balaban J connectivity index is 1.30. The van der Waals surface area contributed by atoms with Crippen molar-refractivity contribution in [1.29, 1.82) is 0 Å². The number of carbonyl (C=O) groups is 1. The molecule has 0 aliphatic carbocycles. The second kappa shape index (κ2) is 8.61. The SMILES string of the molecule is C=CC(=O)N1C2CCC1CC(Oc1cc3c(Nc4ccc5cccn5c4)ncnc3cc1OC)C2. The van der Waals surface area contributed by atoms with Gasteiger partial charge in [0.1, 0.15) is 18.2 Å². The minimum atomic E-state index is 0.00454. The summed E-state index contributed by atoms with van der Waals surface area (Å²) in [7, 11) is 1.63. The van der Waals surface area contributed by atoms with E-state index in [-0.39, 0.29) is 24.1 Å². The molecule has 1 N–H and O–H groups in total. The minimum Gasteiger partial charge on any atom is -0.493 e. The number of ether oxygens (including phenoxy) is 2. The van der Waals surface area contributed by atoms with Crippen LogP contribution in [0.3, 0.4) is 0 Å². The summed E-state index contributed by atoms with van der Waals surface area (Å²) in [6.45, 7) is 3.66. The fourth-order valence-corrected chi connectivity index (χ4v) is 5.53. The van der Waals surface area contributed by atoms with Crippen LogP contribution in [0.5, 0.6) is 11.5 Å². The first-order valence-corrected chi connectivity index (χ1v) is 11.9. The van der Waals surface area contributed by atoms with Gasteiger partial charge < -0.3 is 24.1 Å². The highest BCUT2D eigenvalue weighted by molar-refractivity contribution is 5.93. The van der Waals surface area contributed by atoms with E-state index in [0.29, 0.717) is 17.3 Å². The molecule has 2 unspecified atom stereocenters. The Morgan fingerprint density at radius 2 is 1.97 bits per heavy atom. The Hall–Kier alpha value is -4.07. The molecule has 8 nitrogen and oxygen atoms in total. The van der Waals surface area contributed by atoms with Crippen molar-refractivity contribution in [2.45, 2.75) is 43.9 Å². The van der Waals surface area contributed by atoms with Crippen LogP contribution in [0.15, 0.2) is 67.8 Å². The van der Waals surface area contributed by atoms with E-state index in [9.17, 15) is 4.79 Å². The summed E-state index contributed by atoms with van der Waals surface area (Å²) in [6.07, 6.45) is 10.6. The monoisotopic (exact) mass is 469 g/mol. The Bertz CT molecular complexity index is 1420. The topological polar surface area (TPSA) is 81.0 Å². The Morgan fingerprint density at radius 1 is 1.14 bits per heavy atom. The summed E-state index contributed by atoms with van der Waals surface area (Å²) in [6, 6.07) is 12.4. The van der Waals surface area contributed by atoms with Crippen LogP contribution in [-0.2, 0) is 4.79 Å². The molecule has 35 heavy (non-hydrogen) atoms. The summed E-state index contributed by atoms with van der Waals surface area (Å²) in [5, 5.41) is 4.27. The number of benzene rings is 1. The number of nitrogens with one attached hydrogen (secondary N) is 1. The van der Waals surface area contributed by atoms with Crippen molar-refractivity contribution in [1.82, 2.24) is 19.3 Å². The number of amides is 1. The van der Waals surface area contributed by atoms with Crippen molar-refractivity contribution >= 4 is 33.8 Å². The third-order valence-electron chi connectivity index (χ3n) is 7.12. The maximum atomic E-state index is 12.3. The fourth-order valence-electron chi connectivity index (χ4n) is 5.53. The number of nitrogens with zero attached hydrogens (tertiary/aromatic N) is 4. The van der Waals surface area contributed by atoms with Gasteiger partial charge in [-0.05, 0) is 49.2 Å². The Morgan fingerprint density at radius 3 is 2.74 bits per heavy atom. The lowest BCUT2D eigenvalue weighted by molar-refractivity contribution is -0.131. The number of hydrogen-bond donors (Lipinski definition) is 1. The molecule has 2 aliphatic rings. The first-order chi connectivity index (χ1) is 17.1. The van der Waals surface area contributed by atoms with E-state index in [4.69, 9.17) is 9.47 Å². The molecule has 0 spiro atoms. The zero-order valence-electron chi connectivity index (χ0n) is 19.6. The van der Waals surface area contributed by atoms with Gasteiger partial charge in [0.2, 0.25) is 5.91 Å². The molecule has 8 heteroatoms. The molecule has 3 aromatic heterocycles. The van der Waals surface area contributed by atoms with Crippen molar-refractivity contribution in [3.05, 3.63) is 67.8 Å². The second-order valence-electron chi connectivity index (χ2n) is 9.17.